The molecule has 6 nitrogen and oxygen atoms in total. The summed E-state index contributed by atoms with van der Waals surface area (Å²) in [4.78, 5) is 29.7. The van der Waals surface area contributed by atoms with Crippen molar-refractivity contribution in [3.63, 3.8) is 0 Å². The number of carbonyl (C=O) groups excluding carboxylic acids is 2. The van der Waals surface area contributed by atoms with E-state index in [1.54, 1.807) is 35.2 Å². The summed E-state index contributed by atoms with van der Waals surface area (Å²) in [5.74, 6) is 0.674. The minimum atomic E-state index is -0.493. The fourth-order valence-electron chi connectivity index (χ4n) is 3.02. The lowest BCUT2D eigenvalue weighted by Crippen LogP contribution is -2.59. The second-order valence-electron chi connectivity index (χ2n) is 6.12. The molecule has 3 rings (SSSR count). The quantitative estimate of drug-likeness (QED) is 0.877. The summed E-state index contributed by atoms with van der Waals surface area (Å²) in [6.45, 7) is 3.33. The van der Waals surface area contributed by atoms with Crippen molar-refractivity contribution in [1.29, 1.82) is 0 Å². The number of anilines is 1. The van der Waals surface area contributed by atoms with Gasteiger partial charge in [0.05, 0.1) is 7.11 Å². The minimum Gasteiger partial charge on any atom is -0.497 e. The number of carbonyl (C=O) groups is 2. The van der Waals surface area contributed by atoms with E-state index >= 15 is 0 Å². The molecule has 0 saturated carbocycles. The van der Waals surface area contributed by atoms with Gasteiger partial charge in [0.2, 0.25) is 5.91 Å². The number of nitrogens with one attached hydrogen (secondary N) is 1. The summed E-state index contributed by atoms with van der Waals surface area (Å²) in [5.41, 5.74) is 0.820. The van der Waals surface area contributed by atoms with Gasteiger partial charge in [-0.3, -0.25) is 4.79 Å². The highest BCUT2D eigenvalue weighted by molar-refractivity contribution is 7.09. The van der Waals surface area contributed by atoms with Gasteiger partial charge in [0.15, 0.2) is 0 Å². The van der Waals surface area contributed by atoms with E-state index in [2.05, 4.69) is 11.4 Å². The third-order valence-electron chi connectivity index (χ3n) is 4.53. The number of thiophene rings is 1. The van der Waals surface area contributed by atoms with Gasteiger partial charge in [0, 0.05) is 30.2 Å². The number of hydrogen-bond donors (Lipinski definition) is 1. The topological polar surface area (TPSA) is 61.9 Å². The second-order valence-corrected chi connectivity index (χ2v) is 7.15. The Balaban J connectivity index is 1.56. The lowest BCUT2D eigenvalue weighted by Gasteiger charge is -2.39. The molecule has 7 heteroatoms. The van der Waals surface area contributed by atoms with Gasteiger partial charge >= 0.3 is 6.03 Å². The van der Waals surface area contributed by atoms with E-state index in [-0.39, 0.29) is 11.9 Å². The van der Waals surface area contributed by atoms with Crippen LogP contribution in [0.5, 0.6) is 5.75 Å². The molecule has 138 valence electrons. The number of ether oxygens (including phenoxy) is 1. The van der Waals surface area contributed by atoms with Crippen molar-refractivity contribution in [2.24, 2.45) is 0 Å². The molecule has 1 N–H and O–H groups in total. The van der Waals surface area contributed by atoms with Crippen LogP contribution in [0.3, 0.4) is 0 Å². The van der Waals surface area contributed by atoms with Crippen LogP contribution in [0.2, 0.25) is 0 Å². The largest absolute Gasteiger partial charge is 0.497 e. The SMILES string of the molecule is COc1ccc(N2CCN(C(=O)NCCc3cccs3)C(C)C2=O)cc1. The van der Waals surface area contributed by atoms with Crippen molar-refractivity contribution < 1.29 is 14.3 Å². The molecule has 1 fully saturated rings. The summed E-state index contributed by atoms with van der Waals surface area (Å²) in [5, 5.41) is 4.94. The van der Waals surface area contributed by atoms with Gasteiger partial charge in [-0.05, 0) is 49.1 Å². The smallest absolute Gasteiger partial charge is 0.318 e. The van der Waals surface area contributed by atoms with Crippen LogP contribution < -0.4 is 15.0 Å². The van der Waals surface area contributed by atoms with Crippen molar-refractivity contribution in [2.45, 2.75) is 19.4 Å². The monoisotopic (exact) mass is 373 g/mol. The molecule has 1 aromatic heterocycles. The van der Waals surface area contributed by atoms with E-state index in [9.17, 15) is 9.59 Å². The normalized spacial score (nSPS) is 17.3. The lowest BCUT2D eigenvalue weighted by atomic mass is 10.1. The van der Waals surface area contributed by atoms with Gasteiger partial charge in [-0.2, -0.15) is 0 Å². The molecule has 0 radical (unpaired) electrons. The van der Waals surface area contributed by atoms with E-state index in [4.69, 9.17) is 4.74 Å². The molecule has 1 aromatic carbocycles. The number of methoxy groups -OCH3 is 1. The molecule has 1 atom stereocenters. The zero-order valence-corrected chi connectivity index (χ0v) is 15.8. The Hall–Kier alpha value is -2.54. The summed E-state index contributed by atoms with van der Waals surface area (Å²) in [7, 11) is 1.61. The molecule has 26 heavy (non-hydrogen) atoms. The van der Waals surface area contributed by atoms with E-state index in [0.29, 0.717) is 19.6 Å². The van der Waals surface area contributed by atoms with Gasteiger partial charge < -0.3 is 19.9 Å². The highest BCUT2D eigenvalue weighted by Gasteiger charge is 2.34. The van der Waals surface area contributed by atoms with Crippen molar-refractivity contribution in [1.82, 2.24) is 10.2 Å². The van der Waals surface area contributed by atoms with E-state index in [1.165, 1.54) is 4.88 Å². The fraction of sp³-hybridized carbons (Fsp3) is 0.368. The van der Waals surface area contributed by atoms with E-state index < -0.39 is 6.04 Å². The maximum atomic E-state index is 12.7. The van der Waals surface area contributed by atoms with Crippen LogP contribution in [0, 0.1) is 0 Å². The first kappa shape index (κ1) is 18.3. The second kappa shape index (κ2) is 8.23. The first-order valence-electron chi connectivity index (χ1n) is 8.62. The molecule has 0 aliphatic carbocycles. The molecule has 2 heterocycles. The Morgan fingerprint density at radius 1 is 1.27 bits per heavy atom. The van der Waals surface area contributed by atoms with Crippen LogP contribution in [0.15, 0.2) is 41.8 Å². The van der Waals surface area contributed by atoms with Crippen LogP contribution in [-0.4, -0.2) is 49.6 Å². The first-order chi connectivity index (χ1) is 12.6. The first-order valence-corrected chi connectivity index (χ1v) is 9.50. The number of nitrogens with zero attached hydrogens (tertiary/aromatic N) is 2. The molecule has 1 unspecified atom stereocenters. The summed E-state index contributed by atoms with van der Waals surface area (Å²) < 4.78 is 5.15. The summed E-state index contributed by atoms with van der Waals surface area (Å²) in [6, 6.07) is 10.8. The number of hydrogen-bond acceptors (Lipinski definition) is 4. The van der Waals surface area contributed by atoms with Crippen LogP contribution in [0.4, 0.5) is 10.5 Å². The Bertz CT molecular complexity index is 746. The van der Waals surface area contributed by atoms with Crippen molar-refractivity contribution >= 4 is 29.0 Å². The molecular formula is C19H23N3O3S. The Morgan fingerprint density at radius 2 is 2.04 bits per heavy atom. The van der Waals surface area contributed by atoms with Crippen LogP contribution in [0.25, 0.3) is 0 Å². The third-order valence-corrected chi connectivity index (χ3v) is 5.46. The van der Waals surface area contributed by atoms with Crippen LogP contribution in [0.1, 0.15) is 11.8 Å². The lowest BCUT2D eigenvalue weighted by molar-refractivity contribution is -0.124. The van der Waals surface area contributed by atoms with E-state index in [0.717, 1.165) is 17.9 Å². The minimum absolute atomic E-state index is 0.0742. The van der Waals surface area contributed by atoms with Crippen LogP contribution in [-0.2, 0) is 11.2 Å². The maximum absolute atomic E-state index is 12.7. The number of urea groups is 1. The number of amides is 3. The zero-order valence-electron chi connectivity index (χ0n) is 15.0. The Kier molecular flexibility index (Phi) is 5.78. The van der Waals surface area contributed by atoms with Gasteiger partial charge in [-0.1, -0.05) is 6.07 Å². The van der Waals surface area contributed by atoms with E-state index in [1.807, 2.05) is 35.7 Å². The summed E-state index contributed by atoms with van der Waals surface area (Å²) >= 11 is 1.68. The van der Waals surface area contributed by atoms with Crippen LogP contribution >= 0.6 is 11.3 Å². The molecule has 2 aromatic rings. The average Bonchev–Trinajstić information content (AvgIpc) is 3.17. The summed E-state index contributed by atoms with van der Waals surface area (Å²) in [6.07, 6.45) is 0.803. The Labute approximate surface area is 157 Å². The fourth-order valence-corrected chi connectivity index (χ4v) is 3.72. The number of rotatable bonds is 5. The molecular weight excluding hydrogens is 350 g/mol. The van der Waals surface area contributed by atoms with Crippen molar-refractivity contribution in [2.75, 3.05) is 31.6 Å². The molecule has 3 amide bonds. The highest BCUT2D eigenvalue weighted by Crippen LogP contribution is 2.23. The van der Waals surface area contributed by atoms with Gasteiger partial charge in [-0.15, -0.1) is 11.3 Å². The zero-order chi connectivity index (χ0) is 18.5. The molecule has 1 aliphatic rings. The van der Waals surface area contributed by atoms with Crippen molar-refractivity contribution in [3.8, 4) is 5.75 Å². The van der Waals surface area contributed by atoms with Crippen molar-refractivity contribution in [3.05, 3.63) is 46.7 Å². The number of benzene rings is 1. The molecule has 0 spiro atoms. The number of piperazine rings is 1. The molecule has 1 saturated heterocycles. The highest BCUT2D eigenvalue weighted by atomic mass is 32.1. The predicted octanol–water partition coefficient (Wildman–Crippen LogP) is 2.75. The Morgan fingerprint density at radius 3 is 2.69 bits per heavy atom. The van der Waals surface area contributed by atoms with Gasteiger partial charge in [-0.25, -0.2) is 4.79 Å². The average molecular weight is 373 g/mol. The molecule has 1 aliphatic heterocycles. The van der Waals surface area contributed by atoms with Gasteiger partial charge in [0.1, 0.15) is 11.8 Å². The van der Waals surface area contributed by atoms with Gasteiger partial charge in [0.25, 0.3) is 0 Å². The third kappa shape index (κ3) is 3.99. The molecule has 0 bridgehead atoms. The maximum Gasteiger partial charge on any atom is 0.318 e. The standard InChI is InChI=1S/C19H23N3O3S/c1-14-18(23)22(15-5-7-16(25-2)8-6-15)12-11-21(14)19(24)20-10-9-17-4-3-13-26-17/h3-8,13-14H,9-12H2,1-2H3,(H,20,24). The predicted molar refractivity (Wildman–Crippen MR) is 103 cm³/mol.